The lowest BCUT2D eigenvalue weighted by atomic mass is 10.2. The molecule has 142 valence electrons. The molecule has 2 aromatic carbocycles. The molecule has 0 fully saturated rings. The van der Waals surface area contributed by atoms with Gasteiger partial charge < -0.3 is 4.74 Å². The van der Waals surface area contributed by atoms with E-state index in [1.807, 2.05) is 0 Å². The Balaban J connectivity index is 1.55. The van der Waals surface area contributed by atoms with E-state index in [-0.39, 0.29) is 11.6 Å². The van der Waals surface area contributed by atoms with Crippen LogP contribution in [0.1, 0.15) is 5.56 Å². The SMILES string of the molecule is Fc1ccccc1-c1nc2cnn(Cc3ccc(OC(F)(F)F)cc3)cc-2n1. The quantitative estimate of drug-likeness (QED) is 0.482. The van der Waals surface area contributed by atoms with Crippen LogP contribution in [0, 0.1) is 5.82 Å². The van der Waals surface area contributed by atoms with Gasteiger partial charge in [-0.15, -0.1) is 13.2 Å². The average molecular weight is 388 g/mol. The van der Waals surface area contributed by atoms with Gasteiger partial charge in [0.1, 0.15) is 23.0 Å². The van der Waals surface area contributed by atoms with Gasteiger partial charge in [0, 0.05) is 0 Å². The highest BCUT2D eigenvalue weighted by Gasteiger charge is 2.30. The van der Waals surface area contributed by atoms with Crippen molar-refractivity contribution in [2.75, 3.05) is 0 Å². The fraction of sp³-hybridized carbons (Fsp3) is 0.105. The van der Waals surface area contributed by atoms with Crippen LogP contribution in [0.2, 0.25) is 0 Å². The van der Waals surface area contributed by atoms with Gasteiger partial charge in [0.15, 0.2) is 5.82 Å². The second-order valence-corrected chi connectivity index (χ2v) is 5.96. The molecule has 2 aromatic rings. The third-order valence-corrected chi connectivity index (χ3v) is 3.93. The molecule has 0 atom stereocenters. The van der Waals surface area contributed by atoms with E-state index in [4.69, 9.17) is 0 Å². The topological polar surface area (TPSA) is 52.8 Å². The molecule has 2 aliphatic rings. The third kappa shape index (κ3) is 3.93. The van der Waals surface area contributed by atoms with Crippen LogP contribution in [0.3, 0.4) is 0 Å². The van der Waals surface area contributed by atoms with E-state index in [0.29, 0.717) is 23.5 Å². The highest BCUT2D eigenvalue weighted by atomic mass is 19.4. The number of rotatable bonds is 4. The monoisotopic (exact) mass is 388 g/mol. The number of nitrogens with zero attached hydrogens (tertiary/aromatic N) is 4. The van der Waals surface area contributed by atoms with E-state index in [2.05, 4.69) is 19.8 Å². The maximum Gasteiger partial charge on any atom is 0.573 e. The van der Waals surface area contributed by atoms with Crippen LogP contribution < -0.4 is 4.74 Å². The van der Waals surface area contributed by atoms with Gasteiger partial charge in [-0.3, -0.25) is 4.68 Å². The predicted molar refractivity (Wildman–Crippen MR) is 92.1 cm³/mol. The minimum Gasteiger partial charge on any atom is -0.406 e. The van der Waals surface area contributed by atoms with Crippen LogP contribution in [-0.2, 0) is 6.54 Å². The number of aromatic nitrogens is 4. The van der Waals surface area contributed by atoms with Crippen molar-refractivity contribution in [2.45, 2.75) is 12.9 Å². The van der Waals surface area contributed by atoms with Gasteiger partial charge in [-0.05, 0) is 29.8 Å². The summed E-state index contributed by atoms with van der Waals surface area (Å²) in [6.45, 7) is 0.310. The minimum absolute atomic E-state index is 0.265. The molecule has 2 heterocycles. The number of imidazole rings is 1. The smallest absolute Gasteiger partial charge is 0.406 e. The molecule has 0 bridgehead atoms. The lowest BCUT2D eigenvalue weighted by Gasteiger charge is -2.10. The standard InChI is InChI=1S/C19H12F4N4O/c20-15-4-2-1-3-14(15)18-25-16-9-24-27(11-17(16)26-18)10-12-5-7-13(8-6-12)28-19(21,22)23/h1-9,11H,10H2. The summed E-state index contributed by atoms with van der Waals surface area (Å²) < 4.78 is 56.0. The molecule has 0 saturated heterocycles. The largest absolute Gasteiger partial charge is 0.573 e. The molecule has 28 heavy (non-hydrogen) atoms. The summed E-state index contributed by atoms with van der Waals surface area (Å²) in [5.74, 6) is -0.442. The molecular weight excluding hydrogens is 376 g/mol. The van der Waals surface area contributed by atoms with Gasteiger partial charge in [-0.25, -0.2) is 14.4 Å². The van der Waals surface area contributed by atoms with E-state index in [1.165, 1.54) is 36.5 Å². The molecular formula is C19H12F4N4O. The summed E-state index contributed by atoms with van der Waals surface area (Å²) in [7, 11) is 0. The van der Waals surface area contributed by atoms with Crippen molar-refractivity contribution >= 4 is 0 Å². The fourth-order valence-electron chi connectivity index (χ4n) is 2.69. The van der Waals surface area contributed by atoms with Gasteiger partial charge in [0.05, 0.1) is 24.5 Å². The van der Waals surface area contributed by atoms with Gasteiger partial charge in [0.25, 0.3) is 0 Å². The fourth-order valence-corrected chi connectivity index (χ4v) is 2.69. The Morgan fingerprint density at radius 1 is 0.929 bits per heavy atom. The minimum atomic E-state index is -4.73. The Kier molecular flexibility index (Phi) is 4.42. The summed E-state index contributed by atoms with van der Waals surface area (Å²) in [6, 6.07) is 11.7. The van der Waals surface area contributed by atoms with Crippen molar-refractivity contribution < 1.29 is 22.3 Å². The second kappa shape index (κ2) is 6.91. The summed E-state index contributed by atoms with van der Waals surface area (Å²) in [5, 5.41) is 4.22. The Morgan fingerprint density at radius 2 is 1.64 bits per heavy atom. The highest BCUT2D eigenvalue weighted by molar-refractivity contribution is 5.65. The zero-order valence-electron chi connectivity index (χ0n) is 14.2. The molecule has 0 radical (unpaired) electrons. The summed E-state index contributed by atoms with van der Waals surface area (Å²) >= 11 is 0. The molecule has 2 aliphatic heterocycles. The predicted octanol–water partition coefficient (Wildman–Crippen LogP) is 4.53. The third-order valence-electron chi connectivity index (χ3n) is 3.93. The zero-order chi connectivity index (χ0) is 19.7. The maximum absolute atomic E-state index is 13.9. The normalized spacial score (nSPS) is 11.7. The van der Waals surface area contributed by atoms with Crippen molar-refractivity contribution in [3.05, 3.63) is 72.3 Å². The van der Waals surface area contributed by atoms with Crippen LogP contribution >= 0.6 is 0 Å². The molecule has 0 saturated carbocycles. The molecule has 0 aliphatic carbocycles. The molecule has 4 rings (SSSR count). The lowest BCUT2D eigenvalue weighted by molar-refractivity contribution is -0.274. The molecule has 9 heteroatoms. The molecule has 0 N–H and O–H groups in total. The Bertz CT molecular complexity index is 1080. The molecule has 0 spiro atoms. The van der Waals surface area contributed by atoms with Crippen LogP contribution in [0.5, 0.6) is 5.75 Å². The Hall–Kier alpha value is -3.49. The molecule has 0 unspecified atom stereocenters. The Labute approximate surface area is 156 Å². The van der Waals surface area contributed by atoms with Crippen LogP contribution in [-0.4, -0.2) is 26.1 Å². The number of ether oxygens (including phenoxy) is 1. The number of fused-ring (bicyclic) bond motifs is 1. The van der Waals surface area contributed by atoms with Gasteiger partial charge in [-0.1, -0.05) is 24.3 Å². The Morgan fingerprint density at radius 3 is 2.36 bits per heavy atom. The van der Waals surface area contributed by atoms with Crippen molar-refractivity contribution in [3.8, 4) is 28.5 Å². The van der Waals surface area contributed by atoms with Crippen molar-refractivity contribution in [2.24, 2.45) is 0 Å². The van der Waals surface area contributed by atoms with Gasteiger partial charge in [-0.2, -0.15) is 5.10 Å². The first-order valence-corrected chi connectivity index (χ1v) is 8.17. The second-order valence-electron chi connectivity index (χ2n) is 5.96. The maximum atomic E-state index is 13.9. The van der Waals surface area contributed by atoms with E-state index in [9.17, 15) is 17.6 Å². The number of hydrogen-bond donors (Lipinski definition) is 0. The van der Waals surface area contributed by atoms with Crippen molar-refractivity contribution in [1.29, 1.82) is 0 Å². The van der Waals surface area contributed by atoms with Crippen molar-refractivity contribution in [1.82, 2.24) is 19.7 Å². The first kappa shape index (κ1) is 17.9. The number of benzene rings is 2. The summed E-state index contributed by atoms with van der Waals surface area (Å²) in [4.78, 5) is 8.63. The number of alkyl halides is 3. The number of halogens is 4. The van der Waals surface area contributed by atoms with E-state index < -0.39 is 12.2 Å². The van der Waals surface area contributed by atoms with E-state index in [1.54, 1.807) is 29.1 Å². The molecule has 0 aromatic heterocycles. The average Bonchev–Trinajstić information content (AvgIpc) is 3.05. The lowest BCUT2D eigenvalue weighted by Crippen LogP contribution is -2.17. The summed E-state index contributed by atoms with van der Waals surface area (Å²) in [6.07, 6.45) is -1.57. The van der Waals surface area contributed by atoms with E-state index in [0.717, 1.165) is 5.56 Å². The zero-order valence-corrected chi connectivity index (χ0v) is 14.2. The first-order valence-electron chi connectivity index (χ1n) is 8.17. The van der Waals surface area contributed by atoms with Crippen LogP contribution in [0.15, 0.2) is 60.9 Å². The molecule has 5 nitrogen and oxygen atoms in total. The van der Waals surface area contributed by atoms with Crippen LogP contribution in [0.4, 0.5) is 17.6 Å². The molecule has 0 amide bonds. The van der Waals surface area contributed by atoms with Crippen LogP contribution in [0.25, 0.3) is 22.8 Å². The van der Waals surface area contributed by atoms with E-state index >= 15 is 0 Å². The van der Waals surface area contributed by atoms with Crippen molar-refractivity contribution in [3.63, 3.8) is 0 Å². The van der Waals surface area contributed by atoms with Gasteiger partial charge in [0.2, 0.25) is 0 Å². The highest BCUT2D eigenvalue weighted by Crippen LogP contribution is 2.26. The number of hydrogen-bond acceptors (Lipinski definition) is 4. The summed E-state index contributed by atoms with van der Waals surface area (Å²) in [5.41, 5.74) is 2.07. The van der Waals surface area contributed by atoms with Gasteiger partial charge >= 0.3 is 6.36 Å². The first-order chi connectivity index (χ1) is 13.4.